The summed E-state index contributed by atoms with van der Waals surface area (Å²) in [4.78, 5) is 2.35. The van der Waals surface area contributed by atoms with Crippen LogP contribution in [0.3, 0.4) is 0 Å². The van der Waals surface area contributed by atoms with Crippen molar-refractivity contribution in [3.8, 4) is 6.07 Å². The van der Waals surface area contributed by atoms with E-state index in [1.165, 1.54) is 0 Å². The third kappa shape index (κ3) is 2.61. The number of anilines is 1. The molecular formula is C13H15BrN2S. The fourth-order valence-corrected chi connectivity index (χ4v) is 3.56. The number of thioether (sulfide) groups is 1. The topological polar surface area (TPSA) is 27.0 Å². The van der Waals surface area contributed by atoms with Crippen molar-refractivity contribution in [1.29, 1.82) is 5.26 Å². The van der Waals surface area contributed by atoms with Crippen molar-refractivity contribution in [3.63, 3.8) is 0 Å². The molecule has 4 heteroatoms. The average molecular weight is 311 g/mol. The first kappa shape index (κ1) is 12.8. The highest BCUT2D eigenvalue weighted by atomic mass is 79.9. The van der Waals surface area contributed by atoms with Gasteiger partial charge in [0.05, 0.1) is 11.3 Å². The summed E-state index contributed by atoms with van der Waals surface area (Å²) in [5.41, 5.74) is 1.82. The van der Waals surface area contributed by atoms with E-state index in [4.69, 9.17) is 0 Å². The summed E-state index contributed by atoms with van der Waals surface area (Å²) in [5.74, 6) is 1.13. The Morgan fingerprint density at radius 2 is 2.24 bits per heavy atom. The molecule has 1 fully saturated rings. The molecule has 0 radical (unpaired) electrons. The third-order valence-electron chi connectivity index (χ3n) is 3.27. The number of hydrogen-bond acceptors (Lipinski definition) is 3. The standard InChI is InChI=1S/C13H15BrN2S/c1-9-10(2)17-6-5-16(9)13-7-12(14)4-3-11(13)8-15/h3-4,7,9-10H,5-6H2,1-2H3. The molecule has 1 aliphatic heterocycles. The van der Waals surface area contributed by atoms with Crippen LogP contribution in [-0.4, -0.2) is 23.6 Å². The molecular weight excluding hydrogens is 296 g/mol. The Hall–Kier alpha value is -0.660. The zero-order valence-electron chi connectivity index (χ0n) is 9.98. The second kappa shape index (κ2) is 5.32. The summed E-state index contributed by atoms with van der Waals surface area (Å²) < 4.78 is 1.03. The van der Waals surface area contributed by atoms with Crippen LogP contribution in [0, 0.1) is 11.3 Å². The maximum atomic E-state index is 9.19. The van der Waals surface area contributed by atoms with E-state index in [-0.39, 0.29) is 0 Å². The second-order valence-corrected chi connectivity index (χ2v) is 6.68. The molecule has 17 heavy (non-hydrogen) atoms. The highest BCUT2D eigenvalue weighted by Gasteiger charge is 2.26. The number of hydrogen-bond donors (Lipinski definition) is 0. The van der Waals surface area contributed by atoms with E-state index in [2.05, 4.69) is 46.8 Å². The van der Waals surface area contributed by atoms with Crippen LogP contribution in [-0.2, 0) is 0 Å². The number of nitrogens with zero attached hydrogens (tertiary/aromatic N) is 2. The van der Waals surface area contributed by atoms with Gasteiger partial charge in [-0.15, -0.1) is 0 Å². The maximum absolute atomic E-state index is 9.19. The lowest BCUT2D eigenvalue weighted by molar-refractivity contribution is 0.627. The zero-order valence-corrected chi connectivity index (χ0v) is 12.4. The van der Waals surface area contributed by atoms with E-state index in [9.17, 15) is 5.26 Å². The minimum Gasteiger partial charge on any atom is -0.366 e. The predicted octanol–water partition coefficient (Wildman–Crippen LogP) is 3.65. The van der Waals surface area contributed by atoms with Gasteiger partial charge in [0.25, 0.3) is 0 Å². The monoisotopic (exact) mass is 310 g/mol. The van der Waals surface area contributed by atoms with E-state index in [1.54, 1.807) is 0 Å². The van der Waals surface area contributed by atoms with Crippen molar-refractivity contribution in [2.45, 2.75) is 25.1 Å². The molecule has 0 aromatic heterocycles. The molecule has 1 aliphatic rings. The van der Waals surface area contributed by atoms with Crippen LogP contribution in [0.1, 0.15) is 19.4 Å². The van der Waals surface area contributed by atoms with Gasteiger partial charge in [-0.1, -0.05) is 22.9 Å². The lowest BCUT2D eigenvalue weighted by Crippen LogP contribution is -2.45. The van der Waals surface area contributed by atoms with Crippen LogP contribution >= 0.6 is 27.7 Å². The van der Waals surface area contributed by atoms with Crippen LogP contribution < -0.4 is 4.90 Å². The lowest BCUT2D eigenvalue weighted by Gasteiger charge is -2.39. The van der Waals surface area contributed by atoms with Crippen molar-refractivity contribution in [2.24, 2.45) is 0 Å². The molecule has 2 atom stereocenters. The van der Waals surface area contributed by atoms with Gasteiger partial charge in [0.2, 0.25) is 0 Å². The Balaban J connectivity index is 2.39. The van der Waals surface area contributed by atoms with E-state index in [1.807, 2.05) is 23.9 Å². The van der Waals surface area contributed by atoms with Gasteiger partial charge in [-0.05, 0) is 25.1 Å². The number of nitriles is 1. The molecule has 1 aromatic carbocycles. The summed E-state index contributed by atoms with van der Waals surface area (Å²) in [7, 11) is 0. The summed E-state index contributed by atoms with van der Waals surface area (Å²) in [5, 5.41) is 9.80. The van der Waals surface area contributed by atoms with E-state index in [0.717, 1.165) is 28.0 Å². The van der Waals surface area contributed by atoms with Crippen molar-refractivity contribution >= 4 is 33.4 Å². The molecule has 1 saturated heterocycles. The van der Waals surface area contributed by atoms with Gasteiger partial charge >= 0.3 is 0 Å². The highest BCUT2D eigenvalue weighted by molar-refractivity contribution is 9.10. The fourth-order valence-electron chi connectivity index (χ4n) is 2.11. The van der Waals surface area contributed by atoms with E-state index < -0.39 is 0 Å². The summed E-state index contributed by atoms with van der Waals surface area (Å²) in [6, 6.07) is 8.62. The van der Waals surface area contributed by atoms with Crippen molar-refractivity contribution in [2.75, 3.05) is 17.2 Å². The molecule has 0 saturated carbocycles. The van der Waals surface area contributed by atoms with Crippen molar-refractivity contribution < 1.29 is 0 Å². The number of halogens is 1. The van der Waals surface area contributed by atoms with Crippen molar-refractivity contribution in [3.05, 3.63) is 28.2 Å². The first-order chi connectivity index (χ1) is 8.13. The Bertz CT molecular complexity index is 455. The fraction of sp³-hybridized carbons (Fsp3) is 0.462. The molecule has 90 valence electrons. The molecule has 0 bridgehead atoms. The van der Waals surface area contributed by atoms with E-state index >= 15 is 0 Å². The van der Waals surface area contributed by atoms with Gasteiger partial charge in [0, 0.05) is 28.1 Å². The van der Waals surface area contributed by atoms with Gasteiger partial charge < -0.3 is 4.90 Å². The maximum Gasteiger partial charge on any atom is 0.101 e. The van der Waals surface area contributed by atoms with E-state index in [0.29, 0.717) is 11.3 Å². The minimum absolute atomic E-state index is 0.468. The third-order valence-corrected chi connectivity index (χ3v) is 5.10. The van der Waals surface area contributed by atoms with Crippen LogP contribution in [0.5, 0.6) is 0 Å². The smallest absolute Gasteiger partial charge is 0.101 e. The molecule has 2 rings (SSSR count). The van der Waals surface area contributed by atoms with Gasteiger partial charge in [0.15, 0.2) is 0 Å². The summed E-state index contributed by atoms with van der Waals surface area (Å²) in [6.45, 7) is 5.51. The molecule has 2 nitrogen and oxygen atoms in total. The Labute approximate surface area is 115 Å². The largest absolute Gasteiger partial charge is 0.366 e. The quantitative estimate of drug-likeness (QED) is 0.792. The number of rotatable bonds is 1. The molecule has 0 aliphatic carbocycles. The minimum atomic E-state index is 0.468. The lowest BCUT2D eigenvalue weighted by atomic mass is 10.1. The first-order valence-electron chi connectivity index (χ1n) is 5.71. The summed E-state index contributed by atoms with van der Waals surface area (Å²) in [6.07, 6.45) is 0. The van der Waals surface area contributed by atoms with Gasteiger partial charge in [0.1, 0.15) is 6.07 Å². The van der Waals surface area contributed by atoms with Crippen LogP contribution in [0.25, 0.3) is 0 Å². The SMILES string of the molecule is CC1SCCN(c2cc(Br)ccc2C#N)C1C. The molecule has 0 spiro atoms. The van der Waals surface area contributed by atoms with Crippen LogP contribution in [0.4, 0.5) is 5.69 Å². The molecule has 0 amide bonds. The Morgan fingerprint density at radius 1 is 1.47 bits per heavy atom. The van der Waals surface area contributed by atoms with Crippen molar-refractivity contribution in [1.82, 2.24) is 0 Å². The second-order valence-electron chi connectivity index (χ2n) is 4.28. The van der Waals surface area contributed by atoms with Crippen LogP contribution in [0.15, 0.2) is 22.7 Å². The average Bonchev–Trinajstić information content (AvgIpc) is 2.33. The van der Waals surface area contributed by atoms with Gasteiger partial charge in [-0.3, -0.25) is 0 Å². The Morgan fingerprint density at radius 3 is 2.94 bits per heavy atom. The first-order valence-corrected chi connectivity index (χ1v) is 7.55. The number of benzene rings is 1. The normalized spacial score (nSPS) is 24.5. The van der Waals surface area contributed by atoms with Gasteiger partial charge in [-0.2, -0.15) is 17.0 Å². The predicted molar refractivity (Wildman–Crippen MR) is 77.6 cm³/mol. The molecule has 2 unspecified atom stereocenters. The van der Waals surface area contributed by atoms with Crippen LogP contribution in [0.2, 0.25) is 0 Å². The zero-order chi connectivity index (χ0) is 12.4. The summed E-state index contributed by atoms with van der Waals surface area (Å²) >= 11 is 5.49. The van der Waals surface area contributed by atoms with Gasteiger partial charge in [-0.25, -0.2) is 0 Å². The molecule has 1 aromatic rings. The highest BCUT2D eigenvalue weighted by Crippen LogP contribution is 2.32. The molecule has 0 N–H and O–H groups in total. The Kier molecular flexibility index (Phi) is 4.01. The molecule has 1 heterocycles.